The van der Waals surface area contributed by atoms with Gasteiger partial charge in [-0.2, -0.15) is 0 Å². The standard InChI is InChI=1S/C16H31N3/c17-16-4-3-15(11-16)13-19-9-5-14(6-10-19)12-18-7-1-2-8-18/h14-16H,1-13,17H2. The molecule has 3 fully saturated rings. The topological polar surface area (TPSA) is 32.5 Å². The van der Waals surface area contributed by atoms with Gasteiger partial charge in [-0.05, 0) is 83.0 Å². The molecule has 3 aliphatic rings. The summed E-state index contributed by atoms with van der Waals surface area (Å²) in [6, 6.07) is 0.498. The number of nitrogens with two attached hydrogens (primary N) is 1. The highest BCUT2D eigenvalue weighted by Gasteiger charge is 2.27. The zero-order chi connectivity index (χ0) is 13.1. The fraction of sp³-hybridized carbons (Fsp3) is 1.00. The highest BCUT2D eigenvalue weighted by atomic mass is 15.2. The van der Waals surface area contributed by atoms with Crippen LogP contribution in [0.15, 0.2) is 0 Å². The maximum Gasteiger partial charge on any atom is 0.00420 e. The fourth-order valence-electron chi connectivity index (χ4n) is 4.33. The third-order valence-electron chi connectivity index (χ3n) is 5.52. The molecule has 3 rings (SSSR count). The molecule has 0 radical (unpaired) electrons. The summed E-state index contributed by atoms with van der Waals surface area (Å²) in [5.74, 6) is 1.87. The van der Waals surface area contributed by atoms with Crippen molar-refractivity contribution in [3.8, 4) is 0 Å². The molecule has 2 atom stereocenters. The first-order valence-corrected chi connectivity index (χ1v) is 8.50. The van der Waals surface area contributed by atoms with Gasteiger partial charge in [-0.1, -0.05) is 0 Å². The van der Waals surface area contributed by atoms with Crippen LogP contribution in [0.25, 0.3) is 0 Å². The average molecular weight is 265 g/mol. The van der Waals surface area contributed by atoms with E-state index >= 15 is 0 Å². The van der Waals surface area contributed by atoms with Gasteiger partial charge in [-0.15, -0.1) is 0 Å². The summed E-state index contributed by atoms with van der Waals surface area (Å²) in [7, 11) is 0. The van der Waals surface area contributed by atoms with E-state index in [1.165, 1.54) is 84.2 Å². The number of likely N-dealkylation sites (tertiary alicyclic amines) is 2. The maximum absolute atomic E-state index is 6.02. The Balaban J connectivity index is 1.34. The van der Waals surface area contributed by atoms with Crippen LogP contribution in [0.3, 0.4) is 0 Å². The quantitative estimate of drug-likeness (QED) is 0.843. The largest absolute Gasteiger partial charge is 0.328 e. The molecule has 0 aromatic carbocycles. The molecule has 19 heavy (non-hydrogen) atoms. The average Bonchev–Trinajstić information content (AvgIpc) is 3.04. The minimum absolute atomic E-state index is 0.498. The summed E-state index contributed by atoms with van der Waals surface area (Å²) in [5, 5.41) is 0. The molecule has 1 saturated carbocycles. The number of rotatable bonds is 4. The summed E-state index contributed by atoms with van der Waals surface area (Å²) < 4.78 is 0. The van der Waals surface area contributed by atoms with Crippen molar-refractivity contribution in [3.63, 3.8) is 0 Å². The second-order valence-electron chi connectivity index (χ2n) is 7.19. The Labute approximate surface area is 118 Å². The van der Waals surface area contributed by atoms with Gasteiger partial charge in [0.05, 0.1) is 0 Å². The van der Waals surface area contributed by atoms with Crippen LogP contribution < -0.4 is 5.73 Å². The molecule has 110 valence electrons. The van der Waals surface area contributed by atoms with E-state index in [1.54, 1.807) is 0 Å². The van der Waals surface area contributed by atoms with Gasteiger partial charge >= 0.3 is 0 Å². The van der Waals surface area contributed by atoms with E-state index in [9.17, 15) is 0 Å². The first kappa shape index (κ1) is 13.8. The van der Waals surface area contributed by atoms with Crippen LogP contribution in [0.1, 0.15) is 44.9 Å². The highest BCUT2D eigenvalue weighted by molar-refractivity contribution is 4.83. The van der Waals surface area contributed by atoms with E-state index in [0.29, 0.717) is 6.04 Å². The zero-order valence-corrected chi connectivity index (χ0v) is 12.4. The highest BCUT2D eigenvalue weighted by Crippen LogP contribution is 2.27. The maximum atomic E-state index is 6.02. The van der Waals surface area contributed by atoms with E-state index in [-0.39, 0.29) is 0 Å². The number of nitrogens with zero attached hydrogens (tertiary/aromatic N) is 2. The summed E-state index contributed by atoms with van der Waals surface area (Å²) in [4.78, 5) is 5.40. The SMILES string of the molecule is NC1CCC(CN2CCC(CN3CCCC3)CC2)C1. The van der Waals surface area contributed by atoms with E-state index in [1.807, 2.05) is 0 Å². The number of hydrogen-bond acceptors (Lipinski definition) is 3. The number of hydrogen-bond donors (Lipinski definition) is 1. The zero-order valence-electron chi connectivity index (χ0n) is 12.4. The first-order chi connectivity index (χ1) is 9.29. The molecule has 0 bridgehead atoms. The van der Waals surface area contributed by atoms with Crippen molar-refractivity contribution in [2.24, 2.45) is 17.6 Å². The van der Waals surface area contributed by atoms with Gasteiger partial charge in [0, 0.05) is 19.1 Å². The van der Waals surface area contributed by atoms with Gasteiger partial charge in [-0.25, -0.2) is 0 Å². The van der Waals surface area contributed by atoms with Gasteiger partial charge in [0.1, 0.15) is 0 Å². The van der Waals surface area contributed by atoms with Gasteiger partial charge in [0.15, 0.2) is 0 Å². The lowest BCUT2D eigenvalue weighted by molar-refractivity contribution is 0.138. The molecule has 2 heterocycles. The van der Waals surface area contributed by atoms with Gasteiger partial charge in [0.25, 0.3) is 0 Å². The third kappa shape index (κ3) is 3.93. The molecule has 3 nitrogen and oxygen atoms in total. The summed E-state index contributed by atoms with van der Waals surface area (Å²) in [6.45, 7) is 8.10. The second kappa shape index (κ2) is 6.55. The normalized spacial score (nSPS) is 35.2. The van der Waals surface area contributed by atoms with Crippen LogP contribution in [-0.2, 0) is 0 Å². The molecule has 2 saturated heterocycles. The Morgan fingerprint density at radius 3 is 2.00 bits per heavy atom. The van der Waals surface area contributed by atoms with Gasteiger partial charge in [-0.3, -0.25) is 0 Å². The van der Waals surface area contributed by atoms with E-state index in [0.717, 1.165) is 11.8 Å². The summed E-state index contributed by atoms with van der Waals surface area (Å²) in [5.41, 5.74) is 6.02. The molecule has 0 aromatic heterocycles. The van der Waals surface area contributed by atoms with Gasteiger partial charge in [0.2, 0.25) is 0 Å². The van der Waals surface area contributed by atoms with Crippen LogP contribution >= 0.6 is 0 Å². The van der Waals surface area contributed by atoms with Crippen molar-refractivity contribution >= 4 is 0 Å². The lowest BCUT2D eigenvalue weighted by atomic mass is 9.95. The van der Waals surface area contributed by atoms with Crippen molar-refractivity contribution in [2.45, 2.75) is 51.0 Å². The molecule has 1 aliphatic carbocycles. The van der Waals surface area contributed by atoms with E-state index in [4.69, 9.17) is 5.73 Å². The Kier molecular flexibility index (Phi) is 4.78. The van der Waals surface area contributed by atoms with Crippen molar-refractivity contribution in [2.75, 3.05) is 39.3 Å². The Bertz CT molecular complexity index is 267. The Hall–Kier alpha value is -0.120. The molecule has 2 N–H and O–H groups in total. The fourth-order valence-corrected chi connectivity index (χ4v) is 4.33. The minimum atomic E-state index is 0.498. The van der Waals surface area contributed by atoms with E-state index in [2.05, 4.69) is 9.80 Å². The summed E-state index contributed by atoms with van der Waals surface area (Å²) >= 11 is 0. The van der Waals surface area contributed by atoms with Crippen LogP contribution in [0.5, 0.6) is 0 Å². The summed E-state index contributed by atoms with van der Waals surface area (Å²) in [6.07, 6.45) is 9.62. The second-order valence-corrected chi connectivity index (χ2v) is 7.19. The molecule has 2 unspecified atom stereocenters. The van der Waals surface area contributed by atoms with Crippen LogP contribution in [0.4, 0.5) is 0 Å². The molecule has 0 amide bonds. The monoisotopic (exact) mass is 265 g/mol. The van der Waals surface area contributed by atoms with Crippen molar-refractivity contribution in [1.29, 1.82) is 0 Å². The third-order valence-corrected chi connectivity index (χ3v) is 5.52. The van der Waals surface area contributed by atoms with Crippen LogP contribution in [-0.4, -0.2) is 55.1 Å². The molecule has 0 aromatic rings. The minimum Gasteiger partial charge on any atom is -0.328 e. The smallest absolute Gasteiger partial charge is 0.00420 e. The lowest BCUT2D eigenvalue weighted by Gasteiger charge is -2.35. The van der Waals surface area contributed by atoms with Crippen LogP contribution in [0.2, 0.25) is 0 Å². The molecular formula is C16H31N3. The van der Waals surface area contributed by atoms with Crippen molar-refractivity contribution in [1.82, 2.24) is 9.80 Å². The molecular weight excluding hydrogens is 234 g/mol. The van der Waals surface area contributed by atoms with E-state index < -0.39 is 0 Å². The molecule has 2 aliphatic heterocycles. The molecule has 0 spiro atoms. The van der Waals surface area contributed by atoms with Gasteiger partial charge < -0.3 is 15.5 Å². The van der Waals surface area contributed by atoms with Crippen LogP contribution in [0, 0.1) is 11.8 Å². The predicted octanol–water partition coefficient (Wildman–Crippen LogP) is 1.92. The molecule has 3 heteroatoms. The van der Waals surface area contributed by atoms with Crippen molar-refractivity contribution in [3.05, 3.63) is 0 Å². The lowest BCUT2D eigenvalue weighted by Crippen LogP contribution is -2.40. The Morgan fingerprint density at radius 1 is 0.737 bits per heavy atom. The van der Waals surface area contributed by atoms with Crippen molar-refractivity contribution < 1.29 is 0 Å². The Morgan fingerprint density at radius 2 is 1.37 bits per heavy atom. The first-order valence-electron chi connectivity index (χ1n) is 8.50. The number of piperidine rings is 1. The predicted molar refractivity (Wildman–Crippen MR) is 80.2 cm³/mol.